The van der Waals surface area contributed by atoms with Gasteiger partial charge >= 0.3 is 0 Å². The van der Waals surface area contributed by atoms with Crippen LogP contribution >= 0.6 is 11.6 Å². The highest BCUT2D eigenvalue weighted by atomic mass is 35.5. The number of aryl methyl sites for hydroxylation is 1. The topological polar surface area (TPSA) is 81.8 Å². The fourth-order valence-corrected chi connectivity index (χ4v) is 4.60. The van der Waals surface area contributed by atoms with Gasteiger partial charge in [-0.15, -0.1) is 0 Å². The summed E-state index contributed by atoms with van der Waals surface area (Å²) in [6.45, 7) is 2.01. The predicted octanol–water partition coefficient (Wildman–Crippen LogP) is 4.13. The number of hydrogen-bond acceptors (Lipinski definition) is 4. The number of benzene rings is 2. The second kappa shape index (κ2) is 7.91. The van der Waals surface area contributed by atoms with Gasteiger partial charge in [-0.2, -0.15) is 5.10 Å². The van der Waals surface area contributed by atoms with Gasteiger partial charge in [0.15, 0.2) is 5.65 Å². The van der Waals surface area contributed by atoms with Crippen molar-refractivity contribution in [2.24, 2.45) is 0 Å². The third-order valence-electron chi connectivity index (χ3n) is 6.28. The van der Waals surface area contributed by atoms with E-state index < -0.39 is 5.41 Å². The van der Waals surface area contributed by atoms with E-state index in [0.717, 1.165) is 47.2 Å². The van der Waals surface area contributed by atoms with E-state index >= 15 is 0 Å². The van der Waals surface area contributed by atoms with Gasteiger partial charge in [-0.25, -0.2) is 14.3 Å². The Bertz CT molecular complexity index is 1350. The smallest absolute Gasteiger partial charge is 0.272 e. The predicted molar refractivity (Wildman–Crippen MR) is 124 cm³/mol. The number of halogens is 1. The molecule has 0 unspecified atom stereocenters. The van der Waals surface area contributed by atoms with Crippen molar-refractivity contribution in [3.63, 3.8) is 0 Å². The molecule has 1 aliphatic rings. The Hall–Kier alpha value is -3.45. The van der Waals surface area contributed by atoms with E-state index in [9.17, 15) is 9.59 Å². The summed E-state index contributed by atoms with van der Waals surface area (Å²) in [5.74, 6) is -0.216. The van der Waals surface area contributed by atoms with Gasteiger partial charge in [0, 0.05) is 5.02 Å². The van der Waals surface area contributed by atoms with Crippen LogP contribution in [0, 0.1) is 6.92 Å². The highest BCUT2D eigenvalue weighted by molar-refractivity contribution is 6.30. The first-order chi connectivity index (χ1) is 15.5. The average Bonchev–Trinajstić information content (AvgIpc) is 3.45. The summed E-state index contributed by atoms with van der Waals surface area (Å²) in [5.41, 5.74) is 5.02. The zero-order valence-corrected chi connectivity index (χ0v) is 18.3. The SMILES string of the molecule is Cc1ccc(-n2ncc3c(=O)n(NC(=O)C4(c5ccc(Cl)cc5)CCCC4)cnc32)cc1. The van der Waals surface area contributed by atoms with Crippen molar-refractivity contribution in [2.75, 3.05) is 5.43 Å². The summed E-state index contributed by atoms with van der Waals surface area (Å²) >= 11 is 6.04. The van der Waals surface area contributed by atoms with Crippen LogP contribution in [0.4, 0.5) is 0 Å². The summed E-state index contributed by atoms with van der Waals surface area (Å²) in [5, 5.41) is 5.30. The normalized spacial score (nSPS) is 15.2. The first kappa shape index (κ1) is 20.5. The maximum atomic E-state index is 13.4. The lowest BCUT2D eigenvalue weighted by Gasteiger charge is -2.28. The van der Waals surface area contributed by atoms with Crippen LogP contribution < -0.4 is 11.0 Å². The van der Waals surface area contributed by atoms with E-state index in [2.05, 4.69) is 15.5 Å². The number of nitrogens with one attached hydrogen (secondary N) is 1. The highest BCUT2D eigenvalue weighted by Gasteiger charge is 2.43. The average molecular weight is 448 g/mol. The number of carbonyl (C=O) groups excluding carboxylic acids is 1. The van der Waals surface area contributed by atoms with E-state index in [0.29, 0.717) is 16.1 Å². The Morgan fingerprint density at radius 3 is 2.44 bits per heavy atom. The van der Waals surface area contributed by atoms with E-state index in [1.807, 2.05) is 43.3 Å². The largest absolute Gasteiger partial charge is 0.283 e. The Balaban J connectivity index is 1.49. The van der Waals surface area contributed by atoms with Crippen LogP contribution in [-0.2, 0) is 10.2 Å². The Morgan fingerprint density at radius 2 is 1.75 bits per heavy atom. The molecule has 1 saturated carbocycles. The fourth-order valence-electron chi connectivity index (χ4n) is 4.48. The number of fused-ring (bicyclic) bond motifs is 1. The quantitative estimate of drug-likeness (QED) is 0.510. The van der Waals surface area contributed by atoms with E-state index in [1.54, 1.807) is 16.8 Å². The molecule has 1 amide bonds. The monoisotopic (exact) mass is 447 g/mol. The molecule has 4 aromatic rings. The third-order valence-corrected chi connectivity index (χ3v) is 6.53. The third kappa shape index (κ3) is 3.39. The molecule has 7 nitrogen and oxygen atoms in total. The zero-order chi connectivity index (χ0) is 22.3. The van der Waals surface area contributed by atoms with Crippen LogP contribution in [0.2, 0.25) is 5.02 Å². The lowest BCUT2D eigenvalue weighted by molar-refractivity contribution is -0.122. The first-order valence-electron chi connectivity index (χ1n) is 10.6. The zero-order valence-electron chi connectivity index (χ0n) is 17.6. The molecule has 2 aromatic carbocycles. The first-order valence-corrected chi connectivity index (χ1v) is 11.0. The van der Waals surface area contributed by atoms with Crippen molar-refractivity contribution >= 4 is 28.5 Å². The standard InChI is InChI=1S/C24H22ClN5O2/c1-16-4-10-19(11-5-16)30-21-20(14-27-30)22(31)29(15-26-21)28-23(32)24(12-2-3-13-24)17-6-8-18(25)9-7-17/h4-11,14-15H,2-3,12-13H2,1H3,(H,28,32). The molecular weight excluding hydrogens is 426 g/mol. The highest BCUT2D eigenvalue weighted by Crippen LogP contribution is 2.41. The molecule has 0 spiro atoms. The van der Waals surface area contributed by atoms with Crippen molar-refractivity contribution in [3.05, 3.63) is 87.6 Å². The number of carbonyl (C=O) groups is 1. The van der Waals surface area contributed by atoms with Gasteiger partial charge in [0.1, 0.15) is 11.7 Å². The van der Waals surface area contributed by atoms with Crippen LogP contribution in [0.15, 0.2) is 65.8 Å². The van der Waals surface area contributed by atoms with Gasteiger partial charge in [-0.1, -0.05) is 54.3 Å². The van der Waals surface area contributed by atoms with E-state index in [1.165, 1.54) is 12.5 Å². The number of amides is 1. The lowest BCUT2D eigenvalue weighted by atomic mass is 9.78. The minimum absolute atomic E-state index is 0.216. The minimum atomic E-state index is -0.689. The molecular formula is C24H22ClN5O2. The number of rotatable bonds is 4. The Labute approximate surface area is 189 Å². The maximum absolute atomic E-state index is 13.4. The molecule has 0 radical (unpaired) electrons. The van der Waals surface area contributed by atoms with Gasteiger partial charge in [-0.3, -0.25) is 15.0 Å². The van der Waals surface area contributed by atoms with Crippen molar-refractivity contribution < 1.29 is 4.79 Å². The summed E-state index contributed by atoms with van der Waals surface area (Å²) in [6, 6.07) is 15.2. The molecule has 0 atom stereocenters. The van der Waals surface area contributed by atoms with Gasteiger partial charge < -0.3 is 0 Å². The van der Waals surface area contributed by atoms with E-state index in [-0.39, 0.29) is 11.5 Å². The van der Waals surface area contributed by atoms with Crippen molar-refractivity contribution in [1.82, 2.24) is 19.4 Å². The second-order valence-electron chi connectivity index (χ2n) is 8.29. The van der Waals surface area contributed by atoms with Crippen LogP contribution in [0.3, 0.4) is 0 Å². The molecule has 0 saturated heterocycles. The van der Waals surface area contributed by atoms with Gasteiger partial charge in [0.05, 0.1) is 17.3 Å². The Morgan fingerprint density at radius 1 is 1.06 bits per heavy atom. The molecule has 32 heavy (non-hydrogen) atoms. The fraction of sp³-hybridized carbons (Fsp3) is 0.250. The van der Waals surface area contributed by atoms with Gasteiger partial charge in [0.25, 0.3) is 5.56 Å². The van der Waals surface area contributed by atoms with Crippen LogP contribution in [0.1, 0.15) is 36.8 Å². The molecule has 0 bridgehead atoms. The molecule has 1 N–H and O–H groups in total. The summed E-state index contributed by atoms with van der Waals surface area (Å²) in [6.07, 6.45) is 6.17. The molecule has 2 heterocycles. The molecule has 2 aromatic heterocycles. The van der Waals surface area contributed by atoms with Crippen molar-refractivity contribution in [2.45, 2.75) is 38.0 Å². The minimum Gasteiger partial charge on any atom is -0.272 e. The van der Waals surface area contributed by atoms with Gasteiger partial charge in [-0.05, 0) is 49.6 Å². The molecule has 8 heteroatoms. The van der Waals surface area contributed by atoms with Crippen LogP contribution in [0.25, 0.3) is 16.7 Å². The molecule has 5 rings (SSSR count). The molecule has 0 aliphatic heterocycles. The lowest BCUT2D eigenvalue weighted by Crippen LogP contribution is -2.44. The summed E-state index contributed by atoms with van der Waals surface area (Å²) in [7, 11) is 0. The molecule has 162 valence electrons. The number of nitrogens with zero attached hydrogens (tertiary/aromatic N) is 4. The van der Waals surface area contributed by atoms with Crippen LogP contribution in [-0.4, -0.2) is 25.3 Å². The molecule has 1 aliphatic carbocycles. The summed E-state index contributed by atoms with van der Waals surface area (Å²) < 4.78 is 2.77. The Kier molecular flexibility index (Phi) is 5.06. The number of aromatic nitrogens is 4. The van der Waals surface area contributed by atoms with E-state index in [4.69, 9.17) is 11.6 Å². The van der Waals surface area contributed by atoms with Gasteiger partial charge in [0.2, 0.25) is 5.91 Å². The second-order valence-corrected chi connectivity index (χ2v) is 8.72. The van der Waals surface area contributed by atoms with Crippen molar-refractivity contribution in [1.29, 1.82) is 0 Å². The van der Waals surface area contributed by atoms with Crippen LogP contribution in [0.5, 0.6) is 0 Å². The molecule has 1 fully saturated rings. The number of hydrogen-bond donors (Lipinski definition) is 1. The summed E-state index contributed by atoms with van der Waals surface area (Å²) in [4.78, 5) is 30.9. The van der Waals surface area contributed by atoms with Crippen molar-refractivity contribution in [3.8, 4) is 5.69 Å². The maximum Gasteiger partial charge on any atom is 0.283 e.